The number of aromatic nitrogens is 1. The highest BCUT2D eigenvalue weighted by Gasteiger charge is 2.23. The fourth-order valence-corrected chi connectivity index (χ4v) is 8.98. The number of nitrogens with zero attached hydrogens (tertiary/aromatic N) is 2. The molecule has 10 rings (SSSR count). The van der Waals surface area contributed by atoms with Gasteiger partial charge in [0.2, 0.25) is 0 Å². The Morgan fingerprint density at radius 2 is 0.980 bits per heavy atom. The molecule has 2 heterocycles. The predicted octanol–water partition coefficient (Wildman–Crippen LogP) is 14.0. The van der Waals surface area contributed by atoms with E-state index in [1.165, 1.54) is 64.2 Å². The van der Waals surface area contributed by atoms with E-state index < -0.39 is 0 Å². The van der Waals surface area contributed by atoms with Crippen molar-refractivity contribution in [2.24, 2.45) is 0 Å². The van der Waals surface area contributed by atoms with Crippen LogP contribution in [0.15, 0.2) is 194 Å². The van der Waals surface area contributed by atoms with E-state index in [1.54, 1.807) is 0 Å². The fraction of sp³-hybridized carbons (Fsp3) is 0. The van der Waals surface area contributed by atoms with Crippen LogP contribution in [0.2, 0.25) is 0 Å². The smallest absolute Gasteiger partial charge is 0.0562 e. The van der Waals surface area contributed by atoms with E-state index in [1.807, 2.05) is 11.3 Å². The van der Waals surface area contributed by atoms with Gasteiger partial charge in [-0.05, 0) is 71.3 Å². The average Bonchev–Trinajstić information content (AvgIpc) is 3.76. The van der Waals surface area contributed by atoms with Crippen LogP contribution in [0.3, 0.4) is 0 Å². The molecule has 0 fully saturated rings. The highest BCUT2D eigenvalue weighted by molar-refractivity contribution is 7.26. The van der Waals surface area contributed by atoms with E-state index in [2.05, 4.69) is 204 Å². The third-order valence-electron chi connectivity index (χ3n) is 10.0. The first-order valence-corrected chi connectivity index (χ1v) is 18.2. The topological polar surface area (TPSA) is 8.17 Å². The molecule has 0 saturated heterocycles. The Balaban J connectivity index is 1.22. The first kappa shape index (κ1) is 29.5. The summed E-state index contributed by atoms with van der Waals surface area (Å²) >= 11 is 1.88. The van der Waals surface area contributed by atoms with Crippen molar-refractivity contribution in [1.82, 2.24) is 4.57 Å². The molecular formula is C48H32N2S. The maximum atomic E-state index is 2.45. The monoisotopic (exact) mass is 668 g/mol. The number of para-hydroxylation sites is 3. The molecule has 0 atom stereocenters. The molecule has 8 aromatic carbocycles. The van der Waals surface area contributed by atoms with Crippen LogP contribution in [0, 0.1) is 0 Å². The van der Waals surface area contributed by atoms with Gasteiger partial charge >= 0.3 is 0 Å². The Morgan fingerprint density at radius 1 is 0.392 bits per heavy atom. The summed E-state index contributed by atoms with van der Waals surface area (Å²) in [4.78, 5) is 2.45. The molecule has 0 aliphatic rings. The van der Waals surface area contributed by atoms with Crippen molar-refractivity contribution in [3.63, 3.8) is 0 Å². The quantitative estimate of drug-likeness (QED) is 0.171. The van der Waals surface area contributed by atoms with Crippen LogP contribution in [0.4, 0.5) is 17.1 Å². The number of benzene rings is 8. The second kappa shape index (κ2) is 12.2. The molecule has 3 heteroatoms. The molecule has 2 aromatic heterocycles. The second-order valence-electron chi connectivity index (χ2n) is 12.9. The molecule has 10 aromatic rings. The molecule has 0 N–H and O–H groups in total. The van der Waals surface area contributed by atoms with E-state index in [0.717, 1.165) is 22.7 Å². The lowest BCUT2D eigenvalue weighted by Gasteiger charge is -2.29. The van der Waals surface area contributed by atoms with Crippen molar-refractivity contribution >= 4 is 70.4 Å². The molecule has 0 aliphatic heterocycles. The molecule has 0 bridgehead atoms. The largest absolute Gasteiger partial charge is 0.309 e. The molecule has 0 unspecified atom stereocenters. The highest BCUT2D eigenvalue weighted by Crippen LogP contribution is 2.47. The minimum atomic E-state index is 1.11. The summed E-state index contributed by atoms with van der Waals surface area (Å²) in [6.07, 6.45) is 0. The van der Waals surface area contributed by atoms with Gasteiger partial charge in [0.15, 0.2) is 0 Å². The van der Waals surface area contributed by atoms with Gasteiger partial charge in [-0.1, -0.05) is 140 Å². The highest BCUT2D eigenvalue weighted by atomic mass is 32.1. The van der Waals surface area contributed by atoms with Gasteiger partial charge in [0.05, 0.1) is 22.4 Å². The van der Waals surface area contributed by atoms with E-state index in [4.69, 9.17) is 0 Å². The van der Waals surface area contributed by atoms with Gasteiger partial charge < -0.3 is 9.47 Å². The lowest BCUT2D eigenvalue weighted by molar-refractivity contribution is 1.18. The number of anilines is 3. The first-order chi connectivity index (χ1) is 25.3. The minimum Gasteiger partial charge on any atom is -0.309 e. The summed E-state index contributed by atoms with van der Waals surface area (Å²) in [6.45, 7) is 0. The summed E-state index contributed by atoms with van der Waals surface area (Å²) in [5.41, 5.74) is 11.7. The van der Waals surface area contributed by atoms with Crippen molar-refractivity contribution < 1.29 is 0 Å². The van der Waals surface area contributed by atoms with Crippen molar-refractivity contribution in [3.8, 4) is 27.9 Å². The summed E-state index contributed by atoms with van der Waals surface area (Å²) in [5, 5.41) is 5.08. The first-order valence-electron chi connectivity index (χ1n) is 17.4. The molecule has 51 heavy (non-hydrogen) atoms. The van der Waals surface area contributed by atoms with Gasteiger partial charge in [-0.15, -0.1) is 11.3 Å². The van der Waals surface area contributed by atoms with Gasteiger partial charge in [0.25, 0.3) is 0 Å². The van der Waals surface area contributed by atoms with Crippen LogP contribution in [0.5, 0.6) is 0 Å². The van der Waals surface area contributed by atoms with Crippen molar-refractivity contribution in [1.29, 1.82) is 0 Å². The van der Waals surface area contributed by atoms with Crippen molar-refractivity contribution in [2.45, 2.75) is 0 Å². The van der Waals surface area contributed by atoms with Gasteiger partial charge in [0, 0.05) is 47.9 Å². The third-order valence-corrected chi connectivity index (χ3v) is 11.2. The molecule has 0 aliphatic carbocycles. The molecule has 0 amide bonds. The molecule has 0 saturated carbocycles. The van der Waals surface area contributed by atoms with E-state index >= 15 is 0 Å². The van der Waals surface area contributed by atoms with E-state index in [-0.39, 0.29) is 0 Å². The summed E-state index contributed by atoms with van der Waals surface area (Å²) in [5.74, 6) is 0. The number of rotatable bonds is 6. The zero-order chi connectivity index (χ0) is 33.7. The maximum absolute atomic E-state index is 2.45. The van der Waals surface area contributed by atoms with Crippen LogP contribution in [-0.4, -0.2) is 4.57 Å². The SMILES string of the molecule is c1ccc(-c2ccccc2N(c2ccc(-c3cccc4c3sc3ccccc34)cc2)c2cccc3c2c2ccccc2n3-c2ccccc2)cc1. The van der Waals surface area contributed by atoms with E-state index in [0.29, 0.717) is 0 Å². The lowest BCUT2D eigenvalue weighted by Crippen LogP contribution is -2.11. The number of fused-ring (bicyclic) bond motifs is 6. The number of thiophene rings is 1. The van der Waals surface area contributed by atoms with Gasteiger partial charge in [0.1, 0.15) is 0 Å². The molecule has 240 valence electrons. The number of hydrogen-bond acceptors (Lipinski definition) is 2. The minimum absolute atomic E-state index is 1.11. The summed E-state index contributed by atoms with van der Waals surface area (Å²) in [7, 11) is 0. The zero-order valence-electron chi connectivity index (χ0n) is 27.8. The van der Waals surface area contributed by atoms with Crippen LogP contribution in [0.1, 0.15) is 0 Å². The van der Waals surface area contributed by atoms with E-state index in [9.17, 15) is 0 Å². The van der Waals surface area contributed by atoms with Gasteiger partial charge in [-0.25, -0.2) is 0 Å². The van der Waals surface area contributed by atoms with Crippen molar-refractivity contribution in [2.75, 3.05) is 4.90 Å². The Hall–Kier alpha value is -6.42. The summed E-state index contributed by atoms with van der Waals surface area (Å²) in [6, 6.07) is 70.3. The van der Waals surface area contributed by atoms with Crippen LogP contribution < -0.4 is 4.90 Å². The molecule has 2 nitrogen and oxygen atoms in total. The molecule has 0 spiro atoms. The maximum Gasteiger partial charge on any atom is 0.0562 e. The third kappa shape index (κ3) is 4.85. The van der Waals surface area contributed by atoms with Crippen LogP contribution >= 0.6 is 11.3 Å². The Kier molecular flexibility index (Phi) is 7.04. The van der Waals surface area contributed by atoms with Gasteiger partial charge in [-0.3, -0.25) is 0 Å². The zero-order valence-corrected chi connectivity index (χ0v) is 28.6. The molecular weight excluding hydrogens is 637 g/mol. The normalized spacial score (nSPS) is 11.5. The van der Waals surface area contributed by atoms with Crippen LogP contribution in [0.25, 0.3) is 69.9 Å². The molecule has 0 radical (unpaired) electrons. The number of hydrogen-bond donors (Lipinski definition) is 0. The Labute approximate surface area is 300 Å². The van der Waals surface area contributed by atoms with Crippen molar-refractivity contribution in [3.05, 3.63) is 194 Å². The van der Waals surface area contributed by atoms with Crippen LogP contribution in [-0.2, 0) is 0 Å². The second-order valence-corrected chi connectivity index (χ2v) is 14.0. The Bertz CT molecular complexity index is 2850. The fourth-order valence-electron chi connectivity index (χ4n) is 7.74. The van der Waals surface area contributed by atoms with Gasteiger partial charge in [-0.2, -0.15) is 0 Å². The Morgan fingerprint density at radius 3 is 1.82 bits per heavy atom. The predicted molar refractivity (Wildman–Crippen MR) is 219 cm³/mol. The average molecular weight is 669 g/mol. The summed E-state index contributed by atoms with van der Waals surface area (Å²) < 4.78 is 5.05. The standard InChI is InChI=1S/C48H32N2S/c1-3-15-33(16-4-1)37-19-7-10-24-42(37)50(36-31-29-34(30-32-36)38-22-13-23-40-39-20-9-12-28-46(39)51-48(38)40)45-27-14-26-44-47(45)41-21-8-11-25-43(41)49(44)35-17-5-2-6-18-35/h1-32H. The lowest BCUT2D eigenvalue weighted by atomic mass is 9.99.